The molecule has 2 fully saturated rings. The van der Waals surface area contributed by atoms with Gasteiger partial charge in [-0.1, -0.05) is 31.5 Å². The lowest BCUT2D eigenvalue weighted by molar-refractivity contribution is 0.0691. The van der Waals surface area contributed by atoms with E-state index in [1.54, 1.807) is 6.07 Å². The number of aromatic nitrogens is 3. The summed E-state index contributed by atoms with van der Waals surface area (Å²) in [5.41, 5.74) is 3.70. The van der Waals surface area contributed by atoms with Gasteiger partial charge in [-0.25, -0.2) is 14.5 Å². The van der Waals surface area contributed by atoms with Crippen molar-refractivity contribution in [3.8, 4) is 5.69 Å². The van der Waals surface area contributed by atoms with E-state index in [1.807, 2.05) is 35.0 Å². The highest BCUT2D eigenvalue weighted by Gasteiger charge is 2.30. The third-order valence-electron chi connectivity index (χ3n) is 6.82. The van der Waals surface area contributed by atoms with Gasteiger partial charge in [0.1, 0.15) is 0 Å². The van der Waals surface area contributed by atoms with E-state index in [4.69, 9.17) is 5.10 Å². The second kappa shape index (κ2) is 8.90. The summed E-state index contributed by atoms with van der Waals surface area (Å²) >= 11 is 0. The maximum absolute atomic E-state index is 12.0. The van der Waals surface area contributed by atoms with E-state index in [9.17, 15) is 9.90 Å². The van der Waals surface area contributed by atoms with Crippen molar-refractivity contribution in [1.29, 1.82) is 0 Å². The van der Waals surface area contributed by atoms with Crippen molar-refractivity contribution in [1.82, 2.24) is 19.7 Å². The molecule has 7 nitrogen and oxygen atoms in total. The van der Waals surface area contributed by atoms with Crippen LogP contribution in [0, 0.1) is 0 Å². The summed E-state index contributed by atoms with van der Waals surface area (Å²) < 4.78 is 1.85. The quantitative estimate of drug-likeness (QED) is 0.624. The van der Waals surface area contributed by atoms with E-state index in [2.05, 4.69) is 21.7 Å². The van der Waals surface area contributed by atoms with Crippen LogP contribution in [-0.4, -0.2) is 63.5 Å². The fourth-order valence-corrected chi connectivity index (χ4v) is 4.95. The Morgan fingerprint density at radius 3 is 2.59 bits per heavy atom. The molecule has 0 unspecified atom stereocenters. The van der Waals surface area contributed by atoms with E-state index < -0.39 is 5.97 Å². The van der Waals surface area contributed by atoms with Crippen molar-refractivity contribution < 1.29 is 9.90 Å². The first-order valence-corrected chi connectivity index (χ1v) is 11.9. The predicted octanol–water partition coefficient (Wildman–Crippen LogP) is 4.31. The van der Waals surface area contributed by atoms with Crippen molar-refractivity contribution in [3.63, 3.8) is 0 Å². The molecule has 1 aliphatic carbocycles. The molecule has 0 amide bonds. The number of benzene rings is 1. The van der Waals surface area contributed by atoms with Gasteiger partial charge in [-0.15, -0.1) is 0 Å². The zero-order chi connectivity index (χ0) is 22.1. The number of hydrogen-bond donors (Lipinski definition) is 1. The molecule has 0 radical (unpaired) electrons. The maximum atomic E-state index is 12.0. The first-order chi connectivity index (χ1) is 15.7. The van der Waals surface area contributed by atoms with Crippen LogP contribution in [0.2, 0.25) is 0 Å². The Morgan fingerprint density at radius 1 is 1.09 bits per heavy atom. The molecule has 3 heterocycles. The Bertz CT molecular complexity index is 1110. The second-order valence-electron chi connectivity index (χ2n) is 8.97. The van der Waals surface area contributed by atoms with Gasteiger partial charge in [0.05, 0.1) is 22.5 Å². The van der Waals surface area contributed by atoms with Gasteiger partial charge < -0.3 is 14.9 Å². The molecule has 1 saturated carbocycles. The molecule has 3 aromatic rings. The number of nitrogens with zero attached hydrogens (tertiary/aromatic N) is 5. The van der Waals surface area contributed by atoms with E-state index in [-0.39, 0.29) is 5.69 Å². The summed E-state index contributed by atoms with van der Waals surface area (Å²) in [5, 5.41) is 15.9. The number of anilines is 1. The number of aromatic carboxylic acids is 1. The molecular weight excluding hydrogens is 402 g/mol. The summed E-state index contributed by atoms with van der Waals surface area (Å²) in [4.78, 5) is 21.5. The van der Waals surface area contributed by atoms with Gasteiger partial charge in [0.25, 0.3) is 0 Å². The summed E-state index contributed by atoms with van der Waals surface area (Å²) in [7, 11) is 0. The van der Waals surface area contributed by atoms with Crippen LogP contribution in [0.1, 0.15) is 61.1 Å². The number of rotatable bonds is 6. The zero-order valence-electron chi connectivity index (χ0n) is 18.7. The highest BCUT2D eigenvalue weighted by atomic mass is 16.4. The smallest absolute Gasteiger partial charge is 0.354 e. The summed E-state index contributed by atoms with van der Waals surface area (Å²) in [6.45, 7) is 7.21. The van der Waals surface area contributed by atoms with Gasteiger partial charge in [-0.2, -0.15) is 5.10 Å². The van der Waals surface area contributed by atoms with Gasteiger partial charge in [0, 0.05) is 25.6 Å². The fraction of sp³-hybridized carbons (Fsp3) is 0.480. The normalized spacial score (nSPS) is 18.0. The number of pyridine rings is 1. The molecule has 5 rings (SSSR count). The minimum atomic E-state index is -0.999. The van der Waals surface area contributed by atoms with Crippen LogP contribution in [0.25, 0.3) is 16.7 Å². The molecule has 0 spiro atoms. The van der Waals surface area contributed by atoms with Crippen molar-refractivity contribution in [2.45, 2.75) is 44.9 Å². The minimum Gasteiger partial charge on any atom is -0.477 e. The van der Waals surface area contributed by atoms with Crippen LogP contribution < -0.4 is 4.90 Å². The third kappa shape index (κ3) is 3.86. The lowest BCUT2D eigenvalue weighted by Crippen LogP contribution is -2.31. The number of fused-ring (bicyclic) bond motifs is 1. The third-order valence-corrected chi connectivity index (χ3v) is 6.82. The van der Waals surface area contributed by atoms with Gasteiger partial charge in [0.15, 0.2) is 11.3 Å². The molecule has 32 heavy (non-hydrogen) atoms. The number of para-hydroxylation sites is 1. The molecule has 2 aliphatic rings. The van der Waals surface area contributed by atoms with Gasteiger partial charge >= 0.3 is 5.97 Å². The summed E-state index contributed by atoms with van der Waals surface area (Å²) in [5.74, 6) is -0.580. The van der Waals surface area contributed by atoms with E-state index in [0.29, 0.717) is 11.6 Å². The molecule has 1 aromatic carbocycles. The molecule has 7 heteroatoms. The average molecular weight is 434 g/mol. The molecular formula is C25H31N5O2. The molecule has 168 valence electrons. The highest BCUT2D eigenvalue weighted by molar-refractivity contribution is 5.98. The molecule has 1 N–H and O–H groups in total. The largest absolute Gasteiger partial charge is 0.477 e. The molecule has 0 bridgehead atoms. The molecule has 0 atom stereocenters. The number of carboxylic acid groups (broad SMARTS) is 1. The lowest BCUT2D eigenvalue weighted by Gasteiger charge is -2.27. The van der Waals surface area contributed by atoms with Crippen LogP contribution in [0.15, 0.2) is 36.4 Å². The zero-order valence-corrected chi connectivity index (χ0v) is 18.7. The van der Waals surface area contributed by atoms with Gasteiger partial charge in [-0.3, -0.25) is 0 Å². The van der Waals surface area contributed by atoms with E-state index in [1.165, 1.54) is 6.42 Å². The minimum absolute atomic E-state index is 0.0828. The Hall–Kier alpha value is -2.93. The second-order valence-corrected chi connectivity index (χ2v) is 8.97. The number of carbonyl (C=O) groups is 1. The van der Waals surface area contributed by atoms with Crippen LogP contribution in [0.3, 0.4) is 0 Å². The summed E-state index contributed by atoms with van der Waals surface area (Å²) in [6, 6.07) is 11.7. The Morgan fingerprint density at radius 2 is 1.91 bits per heavy atom. The first-order valence-electron chi connectivity index (χ1n) is 11.9. The van der Waals surface area contributed by atoms with Crippen LogP contribution in [0.5, 0.6) is 0 Å². The fourth-order valence-electron chi connectivity index (χ4n) is 4.95. The number of carboxylic acids is 1. The molecule has 2 aromatic heterocycles. The first kappa shape index (κ1) is 20.9. The molecule has 1 aliphatic heterocycles. The monoisotopic (exact) mass is 433 g/mol. The van der Waals surface area contributed by atoms with Crippen molar-refractivity contribution in [2.24, 2.45) is 0 Å². The van der Waals surface area contributed by atoms with Crippen LogP contribution in [-0.2, 0) is 0 Å². The van der Waals surface area contributed by atoms with E-state index in [0.717, 1.165) is 80.9 Å². The highest BCUT2D eigenvalue weighted by Crippen LogP contribution is 2.42. The predicted molar refractivity (Wildman–Crippen MR) is 126 cm³/mol. The Balaban J connectivity index is 1.67. The van der Waals surface area contributed by atoms with E-state index >= 15 is 0 Å². The molecule has 1 saturated heterocycles. The van der Waals surface area contributed by atoms with Crippen molar-refractivity contribution in [2.75, 3.05) is 37.6 Å². The lowest BCUT2D eigenvalue weighted by atomic mass is 9.82. The van der Waals surface area contributed by atoms with Crippen molar-refractivity contribution >= 4 is 22.7 Å². The van der Waals surface area contributed by atoms with Crippen LogP contribution >= 0.6 is 0 Å². The number of hydrogen-bond acceptors (Lipinski definition) is 5. The van der Waals surface area contributed by atoms with Gasteiger partial charge in [0.2, 0.25) is 0 Å². The maximum Gasteiger partial charge on any atom is 0.354 e. The SMILES string of the molecule is CCCN1CCCN(c2cc(C(=O)O)nc3c2c(C2CCC2)nn3-c2ccccc2)CC1. The Labute approximate surface area is 188 Å². The topological polar surface area (TPSA) is 74.5 Å². The average Bonchev–Trinajstić information content (AvgIpc) is 2.97. The van der Waals surface area contributed by atoms with Crippen LogP contribution in [0.4, 0.5) is 5.69 Å². The van der Waals surface area contributed by atoms with Crippen molar-refractivity contribution in [3.05, 3.63) is 47.8 Å². The standard InChI is InChI=1S/C25H31N5O2/c1-2-12-28-13-7-14-29(16-15-28)21-17-20(25(31)32)26-24-22(21)23(18-8-6-9-18)27-30(24)19-10-4-3-5-11-19/h3-5,10-11,17-18H,2,6-9,12-16H2,1H3,(H,31,32). The summed E-state index contributed by atoms with van der Waals surface area (Å²) in [6.07, 6.45) is 5.70. The Kier molecular flexibility index (Phi) is 5.83. The van der Waals surface area contributed by atoms with Gasteiger partial charge in [-0.05, 0) is 57.0 Å².